The average molecular weight is 595 g/mol. The number of alkyl carbamates (subject to hydrolysis) is 1. The minimum atomic E-state index is -0.487. The minimum Gasteiger partial charge on any atom is -0.494 e. The summed E-state index contributed by atoms with van der Waals surface area (Å²) < 4.78 is 16.6. The quantitative estimate of drug-likeness (QED) is 0.179. The van der Waals surface area contributed by atoms with E-state index in [4.69, 9.17) is 18.9 Å². The fraction of sp³-hybridized carbons (Fsp3) is 0.314. The van der Waals surface area contributed by atoms with Crippen molar-refractivity contribution in [2.45, 2.75) is 58.5 Å². The fourth-order valence-corrected chi connectivity index (χ4v) is 4.75. The van der Waals surface area contributed by atoms with Crippen LogP contribution in [0.3, 0.4) is 0 Å². The van der Waals surface area contributed by atoms with Gasteiger partial charge in [-0.15, -0.1) is 0 Å². The lowest BCUT2D eigenvalue weighted by Gasteiger charge is -2.22. The number of fused-ring (bicyclic) bond motifs is 1. The second-order valence-electron chi connectivity index (χ2n) is 11.6. The highest BCUT2D eigenvalue weighted by Crippen LogP contribution is 2.29. The molecule has 0 spiro atoms. The smallest absolute Gasteiger partial charge is 0.407 e. The molecule has 2 aliphatic heterocycles. The van der Waals surface area contributed by atoms with Gasteiger partial charge in [0.1, 0.15) is 22.8 Å². The Kier molecular flexibility index (Phi) is 9.74. The van der Waals surface area contributed by atoms with Gasteiger partial charge < -0.3 is 19.2 Å². The zero-order chi connectivity index (χ0) is 30.9. The van der Waals surface area contributed by atoms with Gasteiger partial charge in [0, 0.05) is 30.8 Å². The highest BCUT2D eigenvalue weighted by molar-refractivity contribution is 6.48. The van der Waals surface area contributed by atoms with Crippen LogP contribution in [0.4, 0.5) is 4.79 Å². The Morgan fingerprint density at radius 1 is 0.955 bits per heavy atom. The van der Waals surface area contributed by atoms with E-state index in [0.717, 1.165) is 42.6 Å². The van der Waals surface area contributed by atoms with E-state index in [1.54, 1.807) is 35.6 Å². The van der Waals surface area contributed by atoms with Gasteiger partial charge in [-0.05, 0) is 75.6 Å². The molecule has 44 heavy (non-hydrogen) atoms. The number of amides is 2. The van der Waals surface area contributed by atoms with Crippen molar-refractivity contribution in [2.75, 3.05) is 13.2 Å². The van der Waals surface area contributed by atoms with Crippen molar-refractivity contribution in [3.8, 4) is 5.75 Å². The minimum absolute atomic E-state index is 0.227. The molecule has 5 rings (SSSR count). The fourth-order valence-electron chi connectivity index (χ4n) is 4.75. The van der Waals surface area contributed by atoms with Crippen LogP contribution in [0.2, 0.25) is 0 Å². The summed E-state index contributed by atoms with van der Waals surface area (Å²) in [6.07, 6.45) is 8.92. The molecule has 228 valence electrons. The van der Waals surface area contributed by atoms with Crippen LogP contribution >= 0.6 is 0 Å². The van der Waals surface area contributed by atoms with Crippen LogP contribution in [0.25, 0.3) is 11.8 Å². The predicted octanol–water partition coefficient (Wildman–Crippen LogP) is 7.02. The largest absolute Gasteiger partial charge is 0.494 e. The number of nitrogens with zero attached hydrogens (tertiary/aromatic N) is 3. The predicted molar refractivity (Wildman–Crippen MR) is 171 cm³/mol. The highest BCUT2D eigenvalue weighted by Gasteiger charge is 2.35. The van der Waals surface area contributed by atoms with Crippen LogP contribution < -0.4 is 10.1 Å². The molecule has 0 fully saturated rings. The molecule has 0 saturated heterocycles. The zero-order valence-corrected chi connectivity index (χ0v) is 25.4. The van der Waals surface area contributed by atoms with Gasteiger partial charge in [-0.1, -0.05) is 43.2 Å². The van der Waals surface area contributed by atoms with Gasteiger partial charge in [0.25, 0.3) is 5.91 Å². The number of rotatable bonds is 12. The lowest BCUT2D eigenvalue weighted by atomic mass is 10.0. The first kappa shape index (κ1) is 30.5. The van der Waals surface area contributed by atoms with E-state index in [-0.39, 0.29) is 12.0 Å². The Hall–Kier alpha value is -4.92. The summed E-state index contributed by atoms with van der Waals surface area (Å²) >= 11 is 0. The first-order valence-corrected chi connectivity index (χ1v) is 15.0. The summed E-state index contributed by atoms with van der Waals surface area (Å²) in [5, 5.41) is 2.79. The Labute approximate surface area is 258 Å². The van der Waals surface area contributed by atoms with E-state index < -0.39 is 5.60 Å². The summed E-state index contributed by atoms with van der Waals surface area (Å²) in [5.74, 6) is 1.64. The summed E-state index contributed by atoms with van der Waals surface area (Å²) in [6, 6.07) is 21.3. The molecular formula is C35H38N4O5. The van der Waals surface area contributed by atoms with Crippen LogP contribution in [0, 0.1) is 0 Å². The van der Waals surface area contributed by atoms with E-state index in [2.05, 4.69) is 10.3 Å². The molecule has 0 radical (unpaired) electrons. The van der Waals surface area contributed by atoms with Gasteiger partial charge in [0.15, 0.2) is 5.84 Å². The average Bonchev–Trinajstić information content (AvgIpc) is 3.62. The van der Waals surface area contributed by atoms with Gasteiger partial charge in [0.05, 0.1) is 24.3 Å². The molecule has 3 aromatic rings. The monoisotopic (exact) mass is 594 g/mol. The third kappa shape index (κ3) is 8.34. The maximum absolute atomic E-state index is 13.4. The number of amidine groups is 1. The molecule has 0 unspecified atom stereocenters. The first-order chi connectivity index (χ1) is 21.2. The lowest BCUT2D eigenvalue weighted by molar-refractivity contribution is -0.120. The number of aliphatic imine (C=N–C) groups is 2. The van der Waals surface area contributed by atoms with Crippen molar-refractivity contribution < 1.29 is 23.5 Å². The van der Waals surface area contributed by atoms with Crippen LogP contribution in [-0.2, 0) is 16.0 Å². The SMILES string of the molecule is CC(C)(C)OC(=O)NCCCCCCOc1ccc(C2=CN3C(=O)/C(=C/c4ccco4)N=C3C(Cc3ccccc3)=N2)cc1. The van der Waals surface area contributed by atoms with Crippen molar-refractivity contribution in [1.29, 1.82) is 0 Å². The molecule has 0 saturated carbocycles. The second kappa shape index (κ2) is 14.0. The molecule has 3 heterocycles. The number of hydrogen-bond acceptors (Lipinski definition) is 7. The van der Waals surface area contributed by atoms with Crippen LogP contribution in [-0.4, -0.2) is 47.2 Å². The standard InChI is InChI=1S/C35H38N4O5/c1-35(2,3)44-34(41)36-19-9-4-5-10-20-42-27-17-15-26(16-18-27)31-24-39-32(29(37-31)22-25-12-7-6-8-13-25)38-30(33(39)40)23-28-14-11-21-43-28/h6-8,11-18,21,23-24H,4-5,9-10,19-20,22H2,1-3H3,(H,36,41)/b30-23-. The Bertz CT molecular complexity index is 1560. The molecule has 1 N–H and O–H groups in total. The van der Waals surface area contributed by atoms with Crippen molar-refractivity contribution in [3.63, 3.8) is 0 Å². The second-order valence-corrected chi connectivity index (χ2v) is 11.6. The Morgan fingerprint density at radius 2 is 1.73 bits per heavy atom. The molecule has 9 heteroatoms. The number of carbonyl (C=O) groups excluding carboxylic acids is 2. The normalized spacial score (nSPS) is 15.4. The molecule has 0 aliphatic carbocycles. The third-order valence-corrected chi connectivity index (χ3v) is 6.85. The number of ether oxygens (including phenoxy) is 2. The highest BCUT2D eigenvalue weighted by atomic mass is 16.6. The van der Waals surface area contributed by atoms with E-state index in [1.807, 2.05) is 75.4 Å². The summed E-state index contributed by atoms with van der Waals surface area (Å²) in [4.78, 5) is 36.2. The number of carbonyl (C=O) groups is 2. The number of furan rings is 1. The van der Waals surface area contributed by atoms with Crippen molar-refractivity contribution >= 4 is 35.3 Å². The maximum Gasteiger partial charge on any atom is 0.407 e. The summed E-state index contributed by atoms with van der Waals surface area (Å²) in [6.45, 7) is 6.75. The molecule has 9 nitrogen and oxygen atoms in total. The zero-order valence-electron chi connectivity index (χ0n) is 25.4. The van der Waals surface area contributed by atoms with Gasteiger partial charge >= 0.3 is 6.09 Å². The van der Waals surface area contributed by atoms with Gasteiger partial charge in [0.2, 0.25) is 0 Å². The first-order valence-electron chi connectivity index (χ1n) is 15.0. The maximum atomic E-state index is 13.4. The lowest BCUT2D eigenvalue weighted by Crippen LogP contribution is -2.36. The van der Waals surface area contributed by atoms with E-state index >= 15 is 0 Å². The number of hydrogen-bond donors (Lipinski definition) is 1. The molecule has 0 bridgehead atoms. The number of benzene rings is 2. The van der Waals surface area contributed by atoms with Gasteiger partial charge in [-0.25, -0.2) is 14.8 Å². The molecular weight excluding hydrogens is 556 g/mol. The van der Waals surface area contributed by atoms with Crippen molar-refractivity contribution in [3.05, 3.63) is 102 Å². The number of unbranched alkanes of at least 4 members (excludes halogenated alkanes) is 3. The van der Waals surface area contributed by atoms with E-state index in [0.29, 0.717) is 48.3 Å². The molecule has 2 amide bonds. The third-order valence-electron chi connectivity index (χ3n) is 6.85. The Balaban J connectivity index is 1.17. The van der Waals surface area contributed by atoms with Crippen LogP contribution in [0.5, 0.6) is 5.75 Å². The topological polar surface area (TPSA) is 106 Å². The Morgan fingerprint density at radius 3 is 2.45 bits per heavy atom. The summed E-state index contributed by atoms with van der Waals surface area (Å²) in [7, 11) is 0. The molecule has 2 aliphatic rings. The van der Waals surface area contributed by atoms with Crippen molar-refractivity contribution in [2.24, 2.45) is 9.98 Å². The van der Waals surface area contributed by atoms with Crippen LogP contribution in [0.15, 0.2) is 99.3 Å². The van der Waals surface area contributed by atoms with Gasteiger partial charge in [-0.3, -0.25) is 9.69 Å². The van der Waals surface area contributed by atoms with E-state index in [9.17, 15) is 9.59 Å². The number of nitrogens with one attached hydrogen (secondary N) is 1. The molecule has 2 aromatic carbocycles. The molecule has 0 atom stereocenters. The van der Waals surface area contributed by atoms with Crippen molar-refractivity contribution in [1.82, 2.24) is 10.2 Å². The van der Waals surface area contributed by atoms with E-state index in [1.165, 1.54) is 0 Å². The summed E-state index contributed by atoms with van der Waals surface area (Å²) in [5.41, 5.74) is 3.15. The van der Waals surface area contributed by atoms with Crippen LogP contribution in [0.1, 0.15) is 63.3 Å². The van der Waals surface area contributed by atoms with Gasteiger partial charge in [-0.2, -0.15) is 0 Å². The molecule has 1 aromatic heterocycles.